The van der Waals surface area contributed by atoms with Gasteiger partial charge in [-0.3, -0.25) is 4.79 Å². The highest BCUT2D eigenvalue weighted by atomic mass is 32.1. The van der Waals surface area contributed by atoms with Crippen molar-refractivity contribution >= 4 is 34.4 Å². The molecule has 1 aliphatic rings. The molecule has 1 fully saturated rings. The first-order valence-corrected chi connectivity index (χ1v) is 15.7. The lowest BCUT2D eigenvalue weighted by molar-refractivity contribution is -0.132. The lowest BCUT2D eigenvalue weighted by Gasteiger charge is -2.33. The molecule has 0 aliphatic carbocycles. The molecule has 3 heterocycles. The number of ether oxygens (including phenoxy) is 2. The number of thiazole rings is 1. The van der Waals surface area contributed by atoms with Gasteiger partial charge in [-0.15, -0.1) is 0 Å². The van der Waals surface area contributed by atoms with Crippen LogP contribution in [0.1, 0.15) is 49.9 Å². The van der Waals surface area contributed by atoms with Gasteiger partial charge in [-0.25, -0.2) is 14.8 Å². The van der Waals surface area contributed by atoms with Crippen LogP contribution in [0.15, 0.2) is 53.9 Å². The summed E-state index contributed by atoms with van der Waals surface area (Å²) in [6.45, 7) is 5.18. The number of nitrogens with zero attached hydrogens (tertiary/aromatic N) is 4. The number of piperidine rings is 1. The van der Waals surface area contributed by atoms with E-state index in [0.29, 0.717) is 37.9 Å². The van der Waals surface area contributed by atoms with Crippen molar-refractivity contribution in [3.63, 3.8) is 0 Å². The molecule has 43 heavy (non-hydrogen) atoms. The number of benzene rings is 2. The number of carboxylic acid groups (broad SMARTS) is 1. The van der Waals surface area contributed by atoms with Crippen LogP contribution in [-0.2, 0) is 22.5 Å². The van der Waals surface area contributed by atoms with Crippen molar-refractivity contribution in [2.75, 3.05) is 33.4 Å². The Kier molecular flexibility index (Phi) is 10.3. The number of aryl methyl sites for hydroxylation is 1. The van der Waals surface area contributed by atoms with E-state index in [0.717, 1.165) is 59.5 Å². The topological polar surface area (TPSA) is 119 Å². The van der Waals surface area contributed by atoms with Gasteiger partial charge in [-0.1, -0.05) is 47.7 Å². The highest BCUT2D eigenvalue weighted by molar-refractivity contribution is 7.11. The molecule has 2 N–H and O–H groups in total. The van der Waals surface area contributed by atoms with Crippen molar-refractivity contribution in [2.45, 2.75) is 57.5 Å². The summed E-state index contributed by atoms with van der Waals surface area (Å²) < 4.78 is 13.0. The van der Waals surface area contributed by atoms with E-state index in [1.54, 1.807) is 7.11 Å². The largest absolute Gasteiger partial charge is 0.470 e. The lowest BCUT2D eigenvalue weighted by atomic mass is 9.95. The molecule has 1 aliphatic heterocycles. The van der Waals surface area contributed by atoms with E-state index in [4.69, 9.17) is 14.5 Å². The minimum absolute atomic E-state index is 0.0481. The fourth-order valence-electron chi connectivity index (χ4n) is 5.79. The first-order valence-electron chi connectivity index (χ1n) is 14.8. The Bertz CT molecular complexity index is 1520. The van der Waals surface area contributed by atoms with Gasteiger partial charge in [0.1, 0.15) is 5.82 Å². The molecule has 2 amide bonds. The molecule has 5 rings (SSSR count). The zero-order valence-electron chi connectivity index (χ0n) is 24.7. The monoisotopic (exact) mass is 605 g/mol. The average molecular weight is 606 g/mol. The Balaban J connectivity index is 1.25. The van der Waals surface area contributed by atoms with Gasteiger partial charge >= 0.3 is 6.09 Å². The second kappa shape index (κ2) is 14.5. The van der Waals surface area contributed by atoms with E-state index in [9.17, 15) is 14.7 Å². The molecule has 2 aromatic heterocycles. The van der Waals surface area contributed by atoms with Crippen LogP contribution in [0, 0.1) is 0 Å². The SMILES string of the molecule is CCOc1nc(-c2ccc(C[C@H](CC(=O)N3CCC[C@@H](c4nc5ccccc5n4CCCOC)C3)NC(=O)O)cc2)cs1. The Labute approximate surface area is 255 Å². The van der Waals surface area contributed by atoms with Crippen molar-refractivity contribution in [1.29, 1.82) is 0 Å². The van der Waals surface area contributed by atoms with E-state index in [-0.39, 0.29) is 18.2 Å². The molecule has 0 spiro atoms. The number of hydrogen-bond donors (Lipinski definition) is 2. The molecule has 2 aromatic carbocycles. The summed E-state index contributed by atoms with van der Waals surface area (Å²) in [6, 6.07) is 15.4. The first kappa shape index (κ1) is 30.5. The van der Waals surface area contributed by atoms with Gasteiger partial charge in [-0.05, 0) is 50.3 Å². The third-order valence-electron chi connectivity index (χ3n) is 7.78. The van der Waals surface area contributed by atoms with Gasteiger partial charge in [-0.2, -0.15) is 0 Å². The maximum atomic E-state index is 13.6. The number of likely N-dealkylation sites (tertiary alicyclic amines) is 1. The number of amides is 2. The van der Waals surface area contributed by atoms with E-state index in [1.807, 2.05) is 59.7 Å². The number of methoxy groups -OCH3 is 1. The summed E-state index contributed by atoms with van der Waals surface area (Å²) in [5.41, 5.74) is 4.79. The molecule has 0 unspecified atom stereocenters. The van der Waals surface area contributed by atoms with Gasteiger partial charge in [0, 0.05) is 62.7 Å². The Morgan fingerprint density at radius 3 is 2.74 bits per heavy atom. The molecule has 2 atom stereocenters. The van der Waals surface area contributed by atoms with Crippen LogP contribution in [0.25, 0.3) is 22.3 Å². The van der Waals surface area contributed by atoms with Gasteiger partial charge in [0.15, 0.2) is 0 Å². The number of nitrogens with one attached hydrogen (secondary N) is 1. The van der Waals surface area contributed by atoms with Crippen molar-refractivity contribution < 1.29 is 24.2 Å². The fraction of sp³-hybridized carbons (Fsp3) is 0.438. The van der Waals surface area contributed by atoms with Crippen LogP contribution >= 0.6 is 11.3 Å². The summed E-state index contributed by atoms with van der Waals surface area (Å²) in [5.74, 6) is 1.07. The van der Waals surface area contributed by atoms with Crippen molar-refractivity contribution in [1.82, 2.24) is 24.8 Å². The summed E-state index contributed by atoms with van der Waals surface area (Å²) in [4.78, 5) is 36.6. The maximum absolute atomic E-state index is 13.6. The van der Waals surface area contributed by atoms with Gasteiger partial charge < -0.3 is 29.4 Å². The van der Waals surface area contributed by atoms with Crippen LogP contribution < -0.4 is 10.1 Å². The second-order valence-electron chi connectivity index (χ2n) is 10.8. The summed E-state index contributed by atoms with van der Waals surface area (Å²) in [6.07, 6.45) is 2.06. The van der Waals surface area contributed by atoms with E-state index >= 15 is 0 Å². The van der Waals surface area contributed by atoms with Gasteiger partial charge in [0.25, 0.3) is 5.19 Å². The summed E-state index contributed by atoms with van der Waals surface area (Å²) >= 11 is 1.45. The molecule has 0 bridgehead atoms. The highest BCUT2D eigenvalue weighted by Gasteiger charge is 2.30. The third-order valence-corrected chi connectivity index (χ3v) is 8.54. The number of aromatic nitrogens is 3. The fourth-order valence-corrected chi connectivity index (χ4v) is 6.52. The number of fused-ring (bicyclic) bond motifs is 1. The molecule has 1 saturated heterocycles. The minimum atomic E-state index is -1.14. The Morgan fingerprint density at radius 1 is 1.16 bits per heavy atom. The molecule has 0 saturated carbocycles. The molecule has 10 nitrogen and oxygen atoms in total. The zero-order valence-corrected chi connectivity index (χ0v) is 25.5. The molecule has 4 aromatic rings. The van der Waals surface area contributed by atoms with Gasteiger partial charge in [0.2, 0.25) is 5.91 Å². The van der Waals surface area contributed by atoms with E-state index in [2.05, 4.69) is 20.9 Å². The van der Waals surface area contributed by atoms with Crippen molar-refractivity contribution in [3.05, 3.63) is 65.3 Å². The average Bonchev–Trinajstić information content (AvgIpc) is 3.63. The number of carbonyl (C=O) groups excluding carboxylic acids is 1. The Morgan fingerprint density at radius 2 is 1.98 bits per heavy atom. The van der Waals surface area contributed by atoms with Crippen LogP contribution in [0.3, 0.4) is 0 Å². The van der Waals surface area contributed by atoms with Crippen LogP contribution in [0.4, 0.5) is 4.79 Å². The van der Waals surface area contributed by atoms with Crippen molar-refractivity contribution in [2.24, 2.45) is 0 Å². The summed E-state index contributed by atoms with van der Waals surface area (Å²) in [5, 5.41) is 14.7. The highest BCUT2D eigenvalue weighted by Crippen LogP contribution is 2.31. The molecular weight excluding hydrogens is 566 g/mol. The van der Waals surface area contributed by atoms with Crippen LogP contribution in [0.5, 0.6) is 5.19 Å². The molecule has 11 heteroatoms. The number of para-hydroxylation sites is 2. The normalized spacial score (nSPS) is 15.9. The van der Waals surface area contributed by atoms with Crippen LogP contribution in [0.2, 0.25) is 0 Å². The number of carbonyl (C=O) groups is 2. The first-order chi connectivity index (χ1) is 20.9. The quantitative estimate of drug-likeness (QED) is 0.191. The van der Waals surface area contributed by atoms with Gasteiger partial charge in [0.05, 0.1) is 23.3 Å². The maximum Gasteiger partial charge on any atom is 0.404 e. The second-order valence-corrected chi connectivity index (χ2v) is 11.6. The van der Waals surface area contributed by atoms with E-state index in [1.165, 1.54) is 11.3 Å². The predicted octanol–water partition coefficient (Wildman–Crippen LogP) is 5.57. The Hall–Kier alpha value is -3.96. The minimum Gasteiger partial charge on any atom is -0.470 e. The van der Waals surface area contributed by atoms with E-state index < -0.39 is 12.1 Å². The lowest BCUT2D eigenvalue weighted by Crippen LogP contribution is -2.44. The number of hydrogen-bond acceptors (Lipinski definition) is 7. The van der Waals surface area contributed by atoms with Crippen LogP contribution in [-0.4, -0.2) is 76.0 Å². The number of rotatable bonds is 13. The zero-order chi connectivity index (χ0) is 30.2. The third kappa shape index (κ3) is 7.71. The number of imidazole rings is 1. The smallest absolute Gasteiger partial charge is 0.404 e. The molecular formula is C32H39N5O5S. The standard InChI is InChI=1S/C32H39N5O5S/c1-3-42-32-35-27(21-43-32)23-13-11-22(12-14-23)18-25(33-31(39)40)19-29(38)36-15-6-8-24(20-36)30-34-26-9-4-5-10-28(26)37(30)16-7-17-41-2/h4-5,9-14,21,24-25,33H,3,6-8,15-20H2,1-2H3,(H,39,40)/t24-,25-/m1/s1. The molecule has 0 radical (unpaired) electrons. The van der Waals surface area contributed by atoms with Crippen molar-refractivity contribution in [3.8, 4) is 16.5 Å². The molecule has 228 valence electrons. The predicted molar refractivity (Wildman–Crippen MR) is 167 cm³/mol. The summed E-state index contributed by atoms with van der Waals surface area (Å²) in [7, 11) is 1.71.